The van der Waals surface area contributed by atoms with E-state index in [0.717, 1.165) is 12.8 Å². The van der Waals surface area contributed by atoms with Gasteiger partial charge in [-0.15, -0.1) is 0 Å². The lowest BCUT2D eigenvalue weighted by molar-refractivity contribution is -0.165. The lowest BCUT2D eigenvalue weighted by Gasteiger charge is -2.28. The molecule has 1 aliphatic heterocycles. The van der Waals surface area contributed by atoms with Gasteiger partial charge in [-0.05, 0) is 18.9 Å². The van der Waals surface area contributed by atoms with Gasteiger partial charge in [0.15, 0.2) is 5.79 Å². The summed E-state index contributed by atoms with van der Waals surface area (Å²) in [4.78, 5) is 0. The molecule has 0 bridgehead atoms. The molecule has 1 saturated heterocycles. The summed E-state index contributed by atoms with van der Waals surface area (Å²) in [5.74, 6) is -0.543. The number of aryl methyl sites for hydroxylation is 1. The van der Waals surface area contributed by atoms with Gasteiger partial charge in [0.25, 0.3) is 0 Å². The van der Waals surface area contributed by atoms with Crippen LogP contribution in [0, 0.1) is 10.8 Å². The van der Waals surface area contributed by atoms with Crippen LogP contribution in [-0.2, 0) is 25.4 Å². The van der Waals surface area contributed by atoms with Gasteiger partial charge in [-0.3, -0.25) is 0 Å². The topological polar surface area (TPSA) is 57.2 Å². The Kier molecular flexibility index (Phi) is 8.46. The van der Waals surface area contributed by atoms with Crippen LogP contribution in [0.1, 0.15) is 46.6 Å². The normalized spacial score (nSPS) is 23.3. The molecule has 1 fully saturated rings. The van der Waals surface area contributed by atoms with Gasteiger partial charge in [0.05, 0.1) is 39.6 Å². The van der Waals surface area contributed by atoms with Crippen LogP contribution in [0.15, 0.2) is 30.3 Å². The van der Waals surface area contributed by atoms with Gasteiger partial charge in [0.2, 0.25) is 0 Å². The van der Waals surface area contributed by atoms with E-state index >= 15 is 0 Å². The largest absolute Gasteiger partial charge is 0.396 e. The SMILES string of the molecule is CC(C)(CO)COCC(C)(C)COCC1COC(C)(CCc2ccccc2)O1. The molecular weight excluding hydrogens is 356 g/mol. The number of aliphatic hydroxyl groups excluding tert-OH is 1. The Labute approximate surface area is 170 Å². The van der Waals surface area contributed by atoms with E-state index in [4.69, 9.17) is 18.9 Å². The Morgan fingerprint density at radius 2 is 1.68 bits per heavy atom. The molecule has 2 rings (SSSR count). The average molecular weight is 395 g/mol. The molecule has 1 N–H and O–H groups in total. The quantitative estimate of drug-likeness (QED) is 0.584. The standard InChI is InChI=1S/C23H38O5/c1-21(2,15-24)16-26-18-22(3,4)17-25-13-20-14-27-23(5,28-20)12-11-19-9-7-6-8-10-19/h6-10,20,24H,11-18H2,1-5H3. The molecule has 5 heteroatoms. The Bertz CT molecular complexity index is 572. The average Bonchev–Trinajstić information content (AvgIpc) is 3.02. The molecule has 0 radical (unpaired) electrons. The van der Waals surface area contributed by atoms with Crippen molar-refractivity contribution in [2.45, 2.75) is 59.4 Å². The first kappa shape index (κ1) is 23.3. The molecule has 1 aliphatic rings. The van der Waals surface area contributed by atoms with Gasteiger partial charge in [-0.2, -0.15) is 0 Å². The number of aliphatic hydroxyl groups is 1. The molecule has 28 heavy (non-hydrogen) atoms. The maximum atomic E-state index is 9.30. The Hall–Kier alpha value is -0.980. The summed E-state index contributed by atoms with van der Waals surface area (Å²) < 4.78 is 23.7. The third kappa shape index (κ3) is 8.18. The zero-order chi connectivity index (χ0) is 20.7. The molecule has 0 aromatic heterocycles. The zero-order valence-corrected chi connectivity index (χ0v) is 18.2. The number of ether oxygens (including phenoxy) is 4. The van der Waals surface area contributed by atoms with Crippen LogP contribution >= 0.6 is 0 Å². The van der Waals surface area contributed by atoms with Gasteiger partial charge in [-0.1, -0.05) is 58.0 Å². The first-order chi connectivity index (χ1) is 13.1. The summed E-state index contributed by atoms with van der Waals surface area (Å²) in [6.45, 7) is 13.1. The summed E-state index contributed by atoms with van der Waals surface area (Å²) in [5, 5.41) is 9.30. The molecule has 2 unspecified atom stereocenters. The fraction of sp³-hybridized carbons (Fsp3) is 0.739. The summed E-state index contributed by atoms with van der Waals surface area (Å²) in [6.07, 6.45) is 1.72. The third-order valence-electron chi connectivity index (χ3n) is 4.91. The predicted molar refractivity (Wildman–Crippen MR) is 110 cm³/mol. The van der Waals surface area contributed by atoms with Crippen molar-refractivity contribution in [3.8, 4) is 0 Å². The van der Waals surface area contributed by atoms with Crippen molar-refractivity contribution in [2.75, 3.05) is 39.6 Å². The number of hydrogen-bond donors (Lipinski definition) is 1. The second-order valence-electron chi connectivity index (χ2n) is 9.66. The highest BCUT2D eigenvalue weighted by Gasteiger charge is 2.37. The predicted octanol–water partition coefficient (Wildman–Crippen LogP) is 3.83. The monoisotopic (exact) mass is 394 g/mol. The van der Waals surface area contributed by atoms with Crippen molar-refractivity contribution in [2.24, 2.45) is 10.8 Å². The van der Waals surface area contributed by atoms with Gasteiger partial charge in [-0.25, -0.2) is 0 Å². The molecule has 2 atom stereocenters. The van der Waals surface area contributed by atoms with Gasteiger partial charge in [0.1, 0.15) is 6.10 Å². The molecule has 1 heterocycles. The van der Waals surface area contributed by atoms with E-state index in [9.17, 15) is 5.11 Å². The fourth-order valence-corrected chi connectivity index (χ4v) is 3.08. The van der Waals surface area contributed by atoms with Crippen molar-refractivity contribution in [1.29, 1.82) is 0 Å². The lowest BCUT2D eigenvalue weighted by atomic mass is 9.94. The number of hydrogen-bond acceptors (Lipinski definition) is 5. The summed E-state index contributed by atoms with van der Waals surface area (Å²) in [5.41, 5.74) is 0.986. The van der Waals surface area contributed by atoms with E-state index in [1.165, 1.54) is 5.56 Å². The van der Waals surface area contributed by atoms with E-state index in [0.29, 0.717) is 33.0 Å². The maximum absolute atomic E-state index is 9.30. The fourth-order valence-electron chi connectivity index (χ4n) is 3.08. The third-order valence-corrected chi connectivity index (χ3v) is 4.91. The molecule has 160 valence electrons. The first-order valence-electron chi connectivity index (χ1n) is 10.3. The van der Waals surface area contributed by atoms with E-state index in [-0.39, 0.29) is 23.5 Å². The first-order valence-corrected chi connectivity index (χ1v) is 10.3. The zero-order valence-electron chi connectivity index (χ0n) is 18.2. The van der Waals surface area contributed by atoms with Crippen molar-refractivity contribution >= 4 is 0 Å². The van der Waals surface area contributed by atoms with Crippen LogP contribution in [0.3, 0.4) is 0 Å². The maximum Gasteiger partial charge on any atom is 0.166 e. The van der Waals surface area contributed by atoms with Crippen LogP contribution in [0.25, 0.3) is 0 Å². The van der Waals surface area contributed by atoms with Crippen molar-refractivity contribution in [1.82, 2.24) is 0 Å². The minimum absolute atomic E-state index is 0.0363. The minimum atomic E-state index is -0.543. The second-order valence-corrected chi connectivity index (χ2v) is 9.66. The van der Waals surface area contributed by atoms with E-state index in [1.54, 1.807) is 0 Å². The van der Waals surface area contributed by atoms with Gasteiger partial charge < -0.3 is 24.1 Å². The molecule has 1 aromatic rings. The smallest absolute Gasteiger partial charge is 0.166 e. The van der Waals surface area contributed by atoms with Crippen LogP contribution in [0.2, 0.25) is 0 Å². The highest BCUT2D eigenvalue weighted by molar-refractivity contribution is 5.14. The van der Waals surface area contributed by atoms with Crippen molar-refractivity contribution in [3.05, 3.63) is 35.9 Å². The van der Waals surface area contributed by atoms with Crippen LogP contribution in [0.4, 0.5) is 0 Å². The molecule has 0 amide bonds. The highest BCUT2D eigenvalue weighted by atomic mass is 16.7. The molecule has 5 nitrogen and oxygen atoms in total. The van der Waals surface area contributed by atoms with Gasteiger partial charge >= 0.3 is 0 Å². The van der Waals surface area contributed by atoms with Gasteiger partial charge in [0, 0.05) is 17.3 Å². The Balaban J connectivity index is 1.65. The van der Waals surface area contributed by atoms with E-state index in [1.807, 2.05) is 26.8 Å². The lowest BCUT2D eigenvalue weighted by Crippen LogP contribution is -2.32. The van der Waals surface area contributed by atoms with Crippen molar-refractivity contribution in [3.63, 3.8) is 0 Å². The van der Waals surface area contributed by atoms with Crippen LogP contribution in [-0.4, -0.2) is 56.6 Å². The van der Waals surface area contributed by atoms with Crippen LogP contribution < -0.4 is 0 Å². The molecule has 1 aromatic carbocycles. The second kappa shape index (κ2) is 10.2. The molecule has 0 saturated carbocycles. The van der Waals surface area contributed by atoms with Crippen LogP contribution in [0.5, 0.6) is 0 Å². The Morgan fingerprint density at radius 3 is 2.36 bits per heavy atom. The van der Waals surface area contributed by atoms with E-state index in [2.05, 4.69) is 38.1 Å². The number of rotatable bonds is 12. The summed E-state index contributed by atoms with van der Waals surface area (Å²) in [7, 11) is 0. The number of benzene rings is 1. The van der Waals surface area contributed by atoms with Crippen molar-refractivity contribution < 1.29 is 24.1 Å². The Morgan fingerprint density at radius 1 is 1.04 bits per heavy atom. The highest BCUT2D eigenvalue weighted by Crippen LogP contribution is 2.29. The minimum Gasteiger partial charge on any atom is -0.396 e. The summed E-state index contributed by atoms with van der Waals surface area (Å²) in [6, 6.07) is 10.4. The molecule has 0 spiro atoms. The molecule has 0 aliphatic carbocycles. The summed E-state index contributed by atoms with van der Waals surface area (Å²) >= 11 is 0. The van der Waals surface area contributed by atoms with E-state index < -0.39 is 5.79 Å². The molecular formula is C23H38O5.